The molecular formula is C30H52O3Si. The number of aliphatic hydroxyl groups excluding tert-OH is 2. The van der Waals surface area contributed by atoms with Crippen molar-refractivity contribution < 1.29 is 14.6 Å². The SMILES string of the molecule is C=C1/C(=C/C=C2\CCC[C@]3(C)[C@@H]([C@H](C)CCCC(C)(C)O[Si](C)(C)C)CC[C@@H]23)C[C@@H](O)CC1O. The Kier molecular flexibility index (Phi) is 8.81. The van der Waals surface area contributed by atoms with E-state index >= 15 is 0 Å². The molecule has 0 heterocycles. The van der Waals surface area contributed by atoms with Crippen LogP contribution in [-0.2, 0) is 4.43 Å². The summed E-state index contributed by atoms with van der Waals surface area (Å²) in [5, 5.41) is 20.3. The van der Waals surface area contributed by atoms with Gasteiger partial charge in [-0.15, -0.1) is 0 Å². The number of fused-ring (bicyclic) bond motifs is 1. The highest BCUT2D eigenvalue weighted by Crippen LogP contribution is 2.60. The third-order valence-electron chi connectivity index (χ3n) is 9.01. The molecule has 3 aliphatic rings. The van der Waals surface area contributed by atoms with Crippen LogP contribution < -0.4 is 0 Å². The Balaban J connectivity index is 1.64. The molecule has 0 aromatic rings. The van der Waals surface area contributed by atoms with Gasteiger partial charge in [0.05, 0.1) is 17.8 Å². The molecule has 0 aromatic carbocycles. The first-order valence-corrected chi connectivity index (χ1v) is 17.3. The van der Waals surface area contributed by atoms with Crippen molar-refractivity contribution in [3.63, 3.8) is 0 Å². The summed E-state index contributed by atoms with van der Waals surface area (Å²) < 4.78 is 6.44. The molecule has 3 fully saturated rings. The van der Waals surface area contributed by atoms with Crippen molar-refractivity contribution in [1.82, 2.24) is 0 Å². The van der Waals surface area contributed by atoms with Crippen LogP contribution in [0.5, 0.6) is 0 Å². The number of aliphatic hydroxyl groups is 2. The van der Waals surface area contributed by atoms with Gasteiger partial charge in [0.25, 0.3) is 0 Å². The fourth-order valence-corrected chi connectivity index (χ4v) is 9.37. The highest BCUT2D eigenvalue weighted by Gasteiger charge is 2.50. The quantitative estimate of drug-likeness (QED) is 0.346. The maximum absolute atomic E-state index is 10.2. The monoisotopic (exact) mass is 488 g/mol. The molecule has 3 aliphatic carbocycles. The lowest BCUT2D eigenvalue weighted by Crippen LogP contribution is -2.38. The van der Waals surface area contributed by atoms with Crippen LogP contribution in [0.3, 0.4) is 0 Å². The molecule has 0 amide bonds. The van der Waals surface area contributed by atoms with Crippen LogP contribution in [0, 0.1) is 23.2 Å². The van der Waals surface area contributed by atoms with E-state index < -0.39 is 20.5 Å². The van der Waals surface area contributed by atoms with Gasteiger partial charge in [0.1, 0.15) is 0 Å². The first kappa shape index (κ1) is 27.9. The van der Waals surface area contributed by atoms with Gasteiger partial charge >= 0.3 is 0 Å². The molecule has 0 saturated heterocycles. The first-order valence-electron chi connectivity index (χ1n) is 13.9. The van der Waals surface area contributed by atoms with Gasteiger partial charge in [-0.2, -0.15) is 0 Å². The summed E-state index contributed by atoms with van der Waals surface area (Å²) in [7, 11) is -1.52. The van der Waals surface area contributed by atoms with E-state index in [0.29, 0.717) is 24.2 Å². The van der Waals surface area contributed by atoms with Crippen molar-refractivity contribution in [3.8, 4) is 0 Å². The van der Waals surface area contributed by atoms with Crippen LogP contribution in [0.15, 0.2) is 35.5 Å². The van der Waals surface area contributed by atoms with E-state index in [2.05, 4.69) is 66.1 Å². The van der Waals surface area contributed by atoms with E-state index in [1.807, 2.05) is 0 Å². The zero-order valence-electron chi connectivity index (χ0n) is 23.1. The van der Waals surface area contributed by atoms with Crippen LogP contribution in [0.1, 0.15) is 91.9 Å². The zero-order valence-corrected chi connectivity index (χ0v) is 24.1. The van der Waals surface area contributed by atoms with Crippen molar-refractivity contribution in [2.45, 2.75) is 129 Å². The third kappa shape index (κ3) is 6.75. The molecule has 3 saturated carbocycles. The van der Waals surface area contributed by atoms with Crippen molar-refractivity contribution in [2.75, 3.05) is 0 Å². The van der Waals surface area contributed by atoms with Gasteiger partial charge < -0.3 is 14.6 Å². The van der Waals surface area contributed by atoms with Crippen molar-refractivity contribution in [1.29, 1.82) is 0 Å². The summed E-state index contributed by atoms with van der Waals surface area (Å²) in [6.07, 6.45) is 14.6. The molecule has 4 heteroatoms. The Morgan fingerprint density at radius 3 is 2.59 bits per heavy atom. The largest absolute Gasteiger partial charge is 0.413 e. The molecule has 1 unspecified atom stereocenters. The van der Waals surface area contributed by atoms with E-state index in [4.69, 9.17) is 4.43 Å². The maximum atomic E-state index is 10.2. The van der Waals surface area contributed by atoms with E-state index in [-0.39, 0.29) is 5.60 Å². The summed E-state index contributed by atoms with van der Waals surface area (Å²) in [6, 6.07) is 0. The van der Waals surface area contributed by atoms with Gasteiger partial charge in [0.15, 0.2) is 8.32 Å². The molecule has 194 valence electrons. The lowest BCUT2D eigenvalue weighted by molar-refractivity contribution is 0.0734. The minimum Gasteiger partial charge on any atom is -0.413 e. The standard InChI is InChI=1S/C30H52O3Si/c1-21(11-9-17-29(3,4)33-34(6,7)8)26-15-16-27-23(12-10-18-30(26,27)5)13-14-24-19-25(31)20-28(32)22(24)2/h13-14,21,25-28,31-32H,2,9-12,15-20H2,1,3-8H3/b23-13+,24-14+/t21-,25-,26-,27+,28?,30-/m1/s1. The average molecular weight is 489 g/mol. The molecule has 0 radical (unpaired) electrons. The van der Waals surface area contributed by atoms with E-state index in [1.165, 1.54) is 44.9 Å². The number of hydrogen-bond acceptors (Lipinski definition) is 3. The van der Waals surface area contributed by atoms with E-state index in [1.54, 1.807) is 5.57 Å². The summed E-state index contributed by atoms with van der Waals surface area (Å²) in [5.74, 6) is 2.21. The Morgan fingerprint density at radius 1 is 1.21 bits per heavy atom. The van der Waals surface area contributed by atoms with Crippen molar-refractivity contribution >= 4 is 8.32 Å². The van der Waals surface area contributed by atoms with E-state index in [0.717, 1.165) is 29.4 Å². The van der Waals surface area contributed by atoms with Gasteiger partial charge in [-0.05, 0) is 113 Å². The number of hydrogen-bond donors (Lipinski definition) is 2. The van der Waals surface area contributed by atoms with Gasteiger partial charge in [0, 0.05) is 6.42 Å². The van der Waals surface area contributed by atoms with Gasteiger partial charge in [-0.1, -0.05) is 51.0 Å². The van der Waals surface area contributed by atoms with Gasteiger partial charge in [-0.3, -0.25) is 0 Å². The predicted molar refractivity (Wildman–Crippen MR) is 146 cm³/mol. The molecular weight excluding hydrogens is 436 g/mol. The topological polar surface area (TPSA) is 49.7 Å². The van der Waals surface area contributed by atoms with Crippen molar-refractivity contribution in [2.24, 2.45) is 23.2 Å². The molecule has 0 bridgehead atoms. The zero-order chi connectivity index (χ0) is 25.3. The molecule has 6 atom stereocenters. The molecule has 34 heavy (non-hydrogen) atoms. The van der Waals surface area contributed by atoms with Crippen LogP contribution >= 0.6 is 0 Å². The van der Waals surface area contributed by atoms with E-state index in [9.17, 15) is 10.2 Å². The summed E-state index contributed by atoms with van der Waals surface area (Å²) in [4.78, 5) is 0. The fourth-order valence-electron chi connectivity index (χ4n) is 7.61. The highest BCUT2D eigenvalue weighted by atomic mass is 28.4. The summed E-state index contributed by atoms with van der Waals surface area (Å²) >= 11 is 0. The molecule has 0 aliphatic heterocycles. The Hall–Kier alpha value is -0.683. The smallest absolute Gasteiger partial charge is 0.184 e. The number of rotatable bonds is 8. The minimum absolute atomic E-state index is 0.00910. The molecule has 3 rings (SSSR count). The highest BCUT2D eigenvalue weighted by molar-refractivity contribution is 6.69. The predicted octanol–water partition coefficient (Wildman–Crippen LogP) is 7.56. The molecule has 0 aromatic heterocycles. The Morgan fingerprint density at radius 2 is 1.91 bits per heavy atom. The third-order valence-corrected chi connectivity index (χ3v) is 10.2. The normalized spacial score (nSPS) is 36.2. The molecule has 3 nitrogen and oxygen atoms in total. The van der Waals surface area contributed by atoms with Crippen molar-refractivity contribution in [3.05, 3.63) is 35.5 Å². The second-order valence-electron chi connectivity index (χ2n) is 13.5. The second kappa shape index (κ2) is 10.7. The number of allylic oxidation sites excluding steroid dienone is 3. The first-order chi connectivity index (χ1) is 15.7. The Labute approximate surface area is 210 Å². The van der Waals surface area contributed by atoms with Gasteiger partial charge in [-0.25, -0.2) is 0 Å². The van der Waals surface area contributed by atoms with Gasteiger partial charge in [0.2, 0.25) is 0 Å². The Bertz CT molecular complexity index is 789. The molecule has 0 spiro atoms. The second-order valence-corrected chi connectivity index (χ2v) is 17.9. The fraction of sp³-hybridized carbons (Fsp3) is 0.800. The molecule has 2 N–H and O–H groups in total. The summed E-state index contributed by atoms with van der Waals surface area (Å²) in [5.41, 5.74) is 3.79. The van der Waals surface area contributed by atoms with Crippen LogP contribution in [0.2, 0.25) is 19.6 Å². The summed E-state index contributed by atoms with van der Waals surface area (Å²) in [6.45, 7) is 20.6. The lowest BCUT2D eigenvalue weighted by Gasteiger charge is -2.44. The maximum Gasteiger partial charge on any atom is 0.184 e. The van der Waals surface area contributed by atoms with Crippen LogP contribution in [-0.4, -0.2) is 36.3 Å². The van der Waals surface area contributed by atoms with Crippen LogP contribution in [0.4, 0.5) is 0 Å². The lowest BCUT2D eigenvalue weighted by atomic mass is 9.60. The average Bonchev–Trinajstić information content (AvgIpc) is 3.05. The van der Waals surface area contributed by atoms with Crippen LogP contribution in [0.25, 0.3) is 0 Å². The minimum atomic E-state index is -1.52.